The number of fused-ring (bicyclic) bond motifs is 7. The second-order valence-electron chi connectivity index (χ2n) is 8.91. The lowest BCUT2D eigenvalue weighted by molar-refractivity contribution is -0.145. The first-order chi connectivity index (χ1) is 16.3. The fourth-order valence-electron chi connectivity index (χ4n) is 5.59. The smallest absolute Gasteiger partial charge is 0.328 e. The Hall–Kier alpha value is -3.94. The van der Waals surface area contributed by atoms with Gasteiger partial charge < -0.3 is 20.4 Å². The van der Waals surface area contributed by atoms with Crippen LogP contribution in [0.5, 0.6) is 0 Å². The van der Waals surface area contributed by atoms with Crippen molar-refractivity contribution in [3.8, 4) is 0 Å². The number of benzene rings is 2. The Morgan fingerprint density at radius 2 is 1.85 bits per heavy atom. The van der Waals surface area contributed by atoms with Gasteiger partial charge in [-0.25, -0.2) is 9.79 Å². The fraction of sp³-hybridized carbons (Fsp3) is 0.308. The van der Waals surface area contributed by atoms with Gasteiger partial charge in [0.05, 0.1) is 29.6 Å². The molecule has 2 amide bonds. The number of rotatable bonds is 5. The number of aromatic amines is 1. The number of amides is 2. The summed E-state index contributed by atoms with van der Waals surface area (Å²) >= 11 is 0. The summed E-state index contributed by atoms with van der Waals surface area (Å²) in [7, 11) is 1.30. The molecule has 3 atom stereocenters. The predicted octanol–water partition coefficient (Wildman–Crippen LogP) is 2.67. The summed E-state index contributed by atoms with van der Waals surface area (Å²) in [5.41, 5.74) is 4.55. The van der Waals surface area contributed by atoms with Crippen molar-refractivity contribution in [3.05, 3.63) is 65.4 Å². The van der Waals surface area contributed by atoms with E-state index in [4.69, 9.17) is 9.73 Å². The van der Waals surface area contributed by atoms with Crippen molar-refractivity contribution in [1.82, 2.24) is 15.6 Å². The number of nitrogens with one attached hydrogen (secondary N) is 3. The summed E-state index contributed by atoms with van der Waals surface area (Å²) in [5.74, 6) is -1.06. The van der Waals surface area contributed by atoms with Gasteiger partial charge in [-0.1, -0.05) is 36.4 Å². The average Bonchev–Trinajstić information content (AvgIpc) is 3.34. The molecule has 174 valence electrons. The standard InChI is InChI=1S/C26H26N4O4/c1-14(31)27-21(25(33)34-3)13-26-18-9-5-7-11-20(18)30-24(26)23-17(12-22(26)28-15(2)32)16-8-4-6-10-19(16)29-23/h4-11,21-22,29H,12-13H2,1-3H3,(H,27,31)(H,28,32)/t21-,22?,26?/m0/s1. The molecule has 34 heavy (non-hydrogen) atoms. The molecule has 0 spiro atoms. The lowest BCUT2D eigenvalue weighted by Crippen LogP contribution is -2.60. The third-order valence-corrected chi connectivity index (χ3v) is 6.86. The number of methoxy groups -OCH3 is 1. The molecule has 1 aliphatic carbocycles. The van der Waals surface area contributed by atoms with Crippen LogP contribution in [0.25, 0.3) is 10.9 Å². The van der Waals surface area contributed by atoms with E-state index >= 15 is 0 Å². The average molecular weight is 459 g/mol. The maximum atomic E-state index is 12.8. The first-order valence-electron chi connectivity index (χ1n) is 11.3. The quantitative estimate of drug-likeness (QED) is 0.510. The highest BCUT2D eigenvalue weighted by Crippen LogP contribution is 2.51. The second-order valence-corrected chi connectivity index (χ2v) is 8.91. The molecule has 1 aromatic heterocycles. The van der Waals surface area contributed by atoms with Crippen molar-refractivity contribution < 1.29 is 19.1 Å². The lowest BCUT2D eigenvalue weighted by Gasteiger charge is -2.44. The molecule has 3 N–H and O–H groups in total. The monoisotopic (exact) mass is 458 g/mol. The van der Waals surface area contributed by atoms with Crippen LogP contribution in [0.4, 0.5) is 5.69 Å². The summed E-state index contributed by atoms with van der Waals surface area (Å²) in [5, 5.41) is 6.97. The molecule has 8 nitrogen and oxygen atoms in total. The number of hydrogen-bond acceptors (Lipinski definition) is 5. The molecule has 2 aliphatic rings. The fourth-order valence-corrected chi connectivity index (χ4v) is 5.59. The molecule has 2 aromatic carbocycles. The maximum Gasteiger partial charge on any atom is 0.328 e. The molecule has 0 bridgehead atoms. The van der Waals surface area contributed by atoms with Crippen molar-refractivity contribution in [2.45, 2.75) is 44.2 Å². The zero-order chi connectivity index (χ0) is 24.0. The molecule has 3 aromatic rings. The van der Waals surface area contributed by atoms with Crippen LogP contribution in [0.2, 0.25) is 0 Å². The van der Waals surface area contributed by atoms with Gasteiger partial charge in [0.2, 0.25) is 11.8 Å². The van der Waals surface area contributed by atoms with Crippen LogP contribution < -0.4 is 10.6 Å². The van der Waals surface area contributed by atoms with Gasteiger partial charge >= 0.3 is 5.97 Å². The summed E-state index contributed by atoms with van der Waals surface area (Å²) in [6.07, 6.45) is 0.731. The number of aromatic nitrogens is 1. The first kappa shape index (κ1) is 21.9. The maximum absolute atomic E-state index is 12.8. The van der Waals surface area contributed by atoms with Crippen LogP contribution in [0.15, 0.2) is 53.5 Å². The van der Waals surface area contributed by atoms with Crippen LogP contribution in [0.1, 0.15) is 37.1 Å². The Morgan fingerprint density at radius 1 is 1.12 bits per heavy atom. The Bertz CT molecular complexity index is 1360. The van der Waals surface area contributed by atoms with Gasteiger partial charge in [0.15, 0.2) is 0 Å². The van der Waals surface area contributed by atoms with Crippen molar-refractivity contribution in [2.75, 3.05) is 7.11 Å². The summed E-state index contributed by atoms with van der Waals surface area (Å²) in [4.78, 5) is 45.7. The highest BCUT2D eigenvalue weighted by molar-refractivity contribution is 6.17. The van der Waals surface area contributed by atoms with Crippen molar-refractivity contribution in [3.63, 3.8) is 0 Å². The number of carbonyl (C=O) groups is 3. The molecule has 1 aliphatic heterocycles. The molecule has 0 radical (unpaired) electrons. The lowest BCUT2D eigenvalue weighted by atomic mass is 9.62. The van der Waals surface area contributed by atoms with Gasteiger partial charge in [-0.05, 0) is 36.1 Å². The minimum Gasteiger partial charge on any atom is -0.467 e. The number of aliphatic imine (C=N–C) groups is 1. The highest BCUT2D eigenvalue weighted by atomic mass is 16.5. The van der Waals surface area contributed by atoms with Crippen molar-refractivity contribution in [2.24, 2.45) is 4.99 Å². The normalized spacial score (nSPS) is 21.0. The molecule has 5 rings (SSSR count). The van der Waals surface area contributed by atoms with Gasteiger partial charge in [0.1, 0.15) is 6.04 Å². The van der Waals surface area contributed by atoms with Gasteiger partial charge in [0.25, 0.3) is 0 Å². The SMILES string of the molecule is COC(=O)[C@H](CC12C(=Nc3ccccc31)c1[nH]c3ccccc3c1CC2NC(C)=O)NC(C)=O. The van der Waals surface area contributed by atoms with Gasteiger partial charge in [-0.3, -0.25) is 9.59 Å². The minimum absolute atomic E-state index is 0.175. The molecular formula is C26H26N4O4. The molecule has 0 fully saturated rings. The number of carbonyl (C=O) groups excluding carboxylic acids is 3. The van der Waals surface area contributed by atoms with E-state index in [1.165, 1.54) is 21.0 Å². The van der Waals surface area contributed by atoms with E-state index in [1.54, 1.807) is 0 Å². The van der Waals surface area contributed by atoms with E-state index in [-0.39, 0.29) is 24.3 Å². The number of H-pyrrole nitrogens is 1. The Labute approximate surface area is 196 Å². The molecule has 0 saturated heterocycles. The third kappa shape index (κ3) is 3.29. The molecule has 2 unspecified atom stereocenters. The van der Waals surface area contributed by atoms with Crippen LogP contribution in [0.3, 0.4) is 0 Å². The summed E-state index contributed by atoms with van der Waals surface area (Å²) in [6, 6.07) is 14.5. The van der Waals surface area contributed by atoms with Gasteiger partial charge in [-0.2, -0.15) is 0 Å². The van der Waals surface area contributed by atoms with E-state index < -0.39 is 17.4 Å². The topological polar surface area (TPSA) is 113 Å². The first-order valence-corrected chi connectivity index (χ1v) is 11.3. The van der Waals surface area contributed by atoms with Crippen LogP contribution in [-0.2, 0) is 31.0 Å². The predicted molar refractivity (Wildman–Crippen MR) is 128 cm³/mol. The van der Waals surface area contributed by atoms with Crippen LogP contribution >= 0.6 is 0 Å². The highest BCUT2D eigenvalue weighted by Gasteiger charge is 2.56. The van der Waals surface area contributed by atoms with E-state index in [9.17, 15) is 14.4 Å². The van der Waals surface area contributed by atoms with E-state index in [0.29, 0.717) is 6.42 Å². The minimum atomic E-state index is -0.916. The number of esters is 1. The molecule has 0 saturated carbocycles. The Kier molecular flexibility index (Phi) is 5.23. The van der Waals surface area contributed by atoms with Crippen molar-refractivity contribution in [1.29, 1.82) is 0 Å². The number of para-hydroxylation sites is 2. The van der Waals surface area contributed by atoms with Gasteiger partial charge in [0, 0.05) is 30.8 Å². The van der Waals surface area contributed by atoms with Gasteiger partial charge in [-0.15, -0.1) is 0 Å². The molecule has 8 heteroatoms. The molecule has 2 heterocycles. The number of hydrogen-bond donors (Lipinski definition) is 3. The number of nitrogens with zero attached hydrogens (tertiary/aromatic N) is 1. The van der Waals surface area contributed by atoms with E-state index in [2.05, 4.69) is 21.7 Å². The number of ether oxygens (including phenoxy) is 1. The second kappa shape index (κ2) is 8.13. The summed E-state index contributed by atoms with van der Waals surface area (Å²) < 4.78 is 5.03. The Morgan fingerprint density at radius 3 is 2.59 bits per heavy atom. The van der Waals surface area contributed by atoms with Crippen molar-refractivity contribution >= 4 is 40.1 Å². The summed E-state index contributed by atoms with van der Waals surface area (Å²) in [6.45, 7) is 2.86. The Balaban J connectivity index is 1.76. The zero-order valence-corrected chi connectivity index (χ0v) is 19.3. The zero-order valence-electron chi connectivity index (χ0n) is 19.3. The van der Waals surface area contributed by atoms with Crippen LogP contribution in [-0.4, -0.2) is 47.7 Å². The van der Waals surface area contributed by atoms with Crippen LogP contribution in [0, 0.1) is 0 Å². The third-order valence-electron chi connectivity index (χ3n) is 6.86. The largest absolute Gasteiger partial charge is 0.467 e. The van der Waals surface area contributed by atoms with E-state index in [1.807, 2.05) is 42.5 Å². The molecular weight excluding hydrogens is 432 g/mol. The van der Waals surface area contributed by atoms with E-state index in [0.717, 1.165) is 39.1 Å².